The van der Waals surface area contributed by atoms with Gasteiger partial charge in [0.2, 0.25) is 0 Å². The first-order chi connectivity index (χ1) is 7.02. The van der Waals surface area contributed by atoms with Crippen LogP contribution in [0.1, 0.15) is 26.2 Å². The molecule has 0 fully saturated rings. The predicted octanol–water partition coefficient (Wildman–Crippen LogP) is -0.764. The lowest BCUT2D eigenvalue weighted by atomic mass is 10.1. The second kappa shape index (κ2) is 7.44. The van der Waals surface area contributed by atoms with Gasteiger partial charge < -0.3 is 26.5 Å². The number of hydrogen-bond acceptors (Lipinski definition) is 5. The van der Waals surface area contributed by atoms with Crippen molar-refractivity contribution >= 4 is 5.84 Å². The summed E-state index contributed by atoms with van der Waals surface area (Å²) < 4.78 is 0. The topological polar surface area (TPSA) is 111 Å². The first-order valence-electron chi connectivity index (χ1n) is 5.02. The zero-order valence-corrected chi connectivity index (χ0v) is 9.11. The monoisotopic (exact) mass is 219 g/mol. The van der Waals surface area contributed by atoms with Gasteiger partial charge in [-0.15, -0.1) is 0 Å². The minimum absolute atomic E-state index is 0.234. The highest BCUT2D eigenvalue weighted by Gasteiger charge is 2.17. The first kappa shape index (κ1) is 14.2. The average Bonchev–Trinajstić information content (AvgIpc) is 2.22. The van der Waals surface area contributed by atoms with E-state index in [1.165, 1.54) is 0 Å². The predicted molar refractivity (Wildman–Crippen MR) is 57.8 cm³/mol. The first-order valence-corrected chi connectivity index (χ1v) is 5.02. The van der Waals surface area contributed by atoms with E-state index in [-0.39, 0.29) is 12.4 Å². The molecule has 0 aliphatic carbocycles. The maximum Gasteiger partial charge on any atom is 0.139 e. The lowest BCUT2D eigenvalue weighted by Crippen LogP contribution is -2.41. The Morgan fingerprint density at radius 1 is 1.47 bits per heavy atom. The Labute approximate surface area is 89.8 Å². The lowest BCUT2D eigenvalue weighted by molar-refractivity contribution is 0.00287. The highest BCUT2D eigenvalue weighted by molar-refractivity contribution is 5.79. The summed E-state index contributed by atoms with van der Waals surface area (Å²) in [5, 5.41) is 32.3. The molecule has 15 heavy (non-hydrogen) atoms. The number of amidine groups is 1. The molecule has 0 radical (unpaired) electrons. The van der Waals surface area contributed by atoms with Gasteiger partial charge in [-0.1, -0.05) is 5.16 Å². The summed E-state index contributed by atoms with van der Waals surface area (Å²) in [7, 11) is 0. The smallest absolute Gasteiger partial charge is 0.139 e. The molecule has 0 aliphatic rings. The van der Waals surface area contributed by atoms with Crippen LogP contribution < -0.4 is 11.1 Å². The van der Waals surface area contributed by atoms with Crippen molar-refractivity contribution < 1.29 is 15.4 Å². The number of aliphatic hydroxyl groups excluding tert-OH is 1. The van der Waals surface area contributed by atoms with Crippen molar-refractivity contribution in [3.63, 3.8) is 0 Å². The van der Waals surface area contributed by atoms with E-state index in [0.717, 1.165) is 19.4 Å². The second-order valence-corrected chi connectivity index (χ2v) is 3.88. The number of nitrogens with zero attached hydrogens (tertiary/aromatic N) is 1. The van der Waals surface area contributed by atoms with Crippen LogP contribution in [0.4, 0.5) is 0 Å². The van der Waals surface area contributed by atoms with Crippen LogP contribution in [0, 0.1) is 0 Å². The molecule has 0 heterocycles. The van der Waals surface area contributed by atoms with E-state index in [0.29, 0.717) is 13.0 Å². The van der Waals surface area contributed by atoms with Crippen molar-refractivity contribution in [3.8, 4) is 0 Å². The molecule has 0 bridgehead atoms. The van der Waals surface area contributed by atoms with Crippen LogP contribution in [-0.2, 0) is 0 Å². The van der Waals surface area contributed by atoms with E-state index in [4.69, 9.17) is 16.0 Å². The third-order valence-electron chi connectivity index (χ3n) is 2.01. The van der Waals surface area contributed by atoms with Crippen molar-refractivity contribution in [2.24, 2.45) is 10.9 Å². The van der Waals surface area contributed by atoms with E-state index in [1.54, 1.807) is 6.92 Å². The Balaban J connectivity index is 3.33. The fourth-order valence-corrected chi connectivity index (χ4v) is 1.02. The summed E-state index contributed by atoms with van der Waals surface area (Å²) in [5.41, 5.74) is 4.22. The summed E-state index contributed by atoms with van der Waals surface area (Å²) >= 11 is 0. The number of nitrogens with one attached hydrogen (secondary N) is 1. The van der Waals surface area contributed by atoms with Gasteiger partial charge in [0.15, 0.2) is 0 Å². The molecule has 0 spiro atoms. The van der Waals surface area contributed by atoms with Crippen LogP contribution in [0.25, 0.3) is 0 Å². The Morgan fingerprint density at radius 2 is 2.13 bits per heavy atom. The fourth-order valence-electron chi connectivity index (χ4n) is 1.02. The molecule has 0 aliphatic heterocycles. The van der Waals surface area contributed by atoms with Gasteiger partial charge in [0, 0.05) is 13.0 Å². The summed E-state index contributed by atoms with van der Waals surface area (Å²) in [6.07, 6.45) is 2.26. The van der Waals surface area contributed by atoms with Crippen molar-refractivity contribution in [2.75, 3.05) is 19.7 Å². The van der Waals surface area contributed by atoms with Gasteiger partial charge in [-0.25, -0.2) is 0 Å². The van der Waals surface area contributed by atoms with E-state index in [1.807, 2.05) is 0 Å². The molecule has 6 heteroatoms. The molecule has 0 aromatic rings. The average molecular weight is 219 g/mol. The Morgan fingerprint density at radius 3 is 2.67 bits per heavy atom. The van der Waals surface area contributed by atoms with Crippen LogP contribution in [-0.4, -0.2) is 46.6 Å². The normalized spacial score (nSPS) is 16.3. The van der Waals surface area contributed by atoms with Crippen molar-refractivity contribution in [1.82, 2.24) is 5.32 Å². The maximum atomic E-state index is 9.42. The van der Waals surface area contributed by atoms with Gasteiger partial charge in [0.1, 0.15) is 5.84 Å². The van der Waals surface area contributed by atoms with Crippen molar-refractivity contribution in [3.05, 3.63) is 0 Å². The van der Waals surface area contributed by atoms with Crippen LogP contribution in [0.2, 0.25) is 0 Å². The molecule has 0 aromatic heterocycles. The fraction of sp³-hybridized carbons (Fsp3) is 0.889. The van der Waals surface area contributed by atoms with Crippen LogP contribution in [0.3, 0.4) is 0 Å². The van der Waals surface area contributed by atoms with Gasteiger partial charge in [-0.05, 0) is 26.3 Å². The molecule has 0 saturated carbocycles. The maximum absolute atomic E-state index is 9.42. The lowest BCUT2D eigenvalue weighted by Gasteiger charge is -2.20. The van der Waals surface area contributed by atoms with Gasteiger partial charge in [0.05, 0.1) is 12.2 Å². The minimum atomic E-state index is -1.06. The molecule has 90 valence electrons. The highest BCUT2D eigenvalue weighted by Crippen LogP contribution is 1.99. The number of hydrogen-bond donors (Lipinski definition) is 5. The third kappa shape index (κ3) is 8.17. The summed E-state index contributed by atoms with van der Waals surface area (Å²) in [6.45, 7) is 2.39. The molecular weight excluding hydrogens is 198 g/mol. The molecule has 0 saturated heterocycles. The molecule has 0 amide bonds. The number of aliphatic hydroxyl groups is 2. The number of unbranched alkanes of at least 4 members (excludes halogenated alkanes) is 1. The third-order valence-corrected chi connectivity index (χ3v) is 2.01. The van der Waals surface area contributed by atoms with Crippen molar-refractivity contribution in [2.45, 2.75) is 31.8 Å². The molecular formula is C9H21N3O3. The largest absolute Gasteiger partial charge is 0.409 e. The van der Waals surface area contributed by atoms with Gasteiger partial charge in [0.25, 0.3) is 0 Å². The van der Waals surface area contributed by atoms with E-state index >= 15 is 0 Å². The van der Waals surface area contributed by atoms with Crippen LogP contribution >= 0.6 is 0 Å². The SMILES string of the molecule is CC(O)(CO)CNCCCCC(N)=NO. The van der Waals surface area contributed by atoms with Crippen molar-refractivity contribution in [1.29, 1.82) is 0 Å². The number of oxime groups is 1. The van der Waals surface area contributed by atoms with Crippen LogP contribution in [0.15, 0.2) is 5.16 Å². The zero-order chi connectivity index (χ0) is 11.7. The number of nitrogens with two attached hydrogens (primary N) is 1. The quantitative estimate of drug-likeness (QED) is 0.121. The minimum Gasteiger partial charge on any atom is -0.409 e. The summed E-state index contributed by atoms with van der Waals surface area (Å²) in [6, 6.07) is 0. The van der Waals surface area contributed by atoms with Gasteiger partial charge in [-0.3, -0.25) is 0 Å². The molecule has 1 atom stereocenters. The van der Waals surface area contributed by atoms with E-state index in [2.05, 4.69) is 10.5 Å². The van der Waals surface area contributed by atoms with Gasteiger partial charge >= 0.3 is 0 Å². The molecule has 6 nitrogen and oxygen atoms in total. The van der Waals surface area contributed by atoms with E-state index < -0.39 is 5.60 Å². The summed E-state index contributed by atoms with van der Waals surface area (Å²) in [5.74, 6) is 0.234. The second-order valence-electron chi connectivity index (χ2n) is 3.88. The summed E-state index contributed by atoms with van der Waals surface area (Å²) in [4.78, 5) is 0. The Hall–Kier alpha value is -0.850. The van der Waals surface area contributed by atoms with Gasteiger partial charge in [-0.2, -0.15) is 0 Å². The molecule has 1 unspecified atom stereocenters. The zero-order valence-electron chi connectivity index (χ0n) is 9.11. The Bertz CT molecular complexity index is 195. The Kier molecular flexibility index (Phi) is 7.02. The van der Waals surface area contributed by atoms with Crippen LogP contribution in [0.5, 0.6) is 0 Å². The van der Waals surface area contributed by atoms with E-state index in [9.17, 15) is 5.11 Å². The molecule has 6 N–H and O–H groups in total. The highest BCUT2D eigenvalue weighted by atomic mass is 16.4. The number of rotatable bonds is 8. The standard InChI is InChI=1S/C9H21N3O3/c1-9(14,7-13)6-11-5-3-2-4-8(10)12-15/h11,13-15H,2-7H2,1H3,(H2,10,12). The molecule has 0 rings (SSSR count). The molecule has 0 aromatic carbocycles.